The molecule has 66 valence electrons. The lowest BCUT2D eigenvalue weighted by atomic mass is 10.1. The summed E-state index contributed by atoms with van der Waals surface area (Å²) in [5.41, 5.74) is 0.888. The fourth-order valence-corrected chi connectivity index (χ4v) is 0.954. The fraction of sp³-hybridized carbons (Fsp3) is 0.625. The van der Waals surface area contributed by atoms with Gasteiger partial charge in [-0.05, 0) is 6.42 Å². The van der Waals surface area contributed by atoms with E-state index in [1.54, 1.807) is 4.68 Å². The molecule has 0 amide bonds. The van der Waals surface area contributed by atoms with Crippen molar-refractivity contribution < 1.29 is 4.79 Å². The van der Waals surface area contributed by atoms with Crippen LogP contribution >= 0.6 is 0 Å². The Labute approximate surface area is 71.6 Å². The van der Waals surface area contributed by atoms with Gasteiger partial charge in [-0.2, -0.15) is 0 Å². The molecule has 0 aliphatic heterocycles. The maximum atomic E-state index is 10.9. The van der Waals surface area contributed by atoms with Gasteiger partial charge in [0.05, 0.1) is 5.69 Å². The van der Waals surface area contributed by atoms with Crippen LogP contribution in [0.2, 0.25) is 0 Å². The van der Waals surface area contributed by atoms with Crippen LogP contribution in [0.1, 0.15) is 25.5 Å². The summed E-state index contributed by atoms with van der Waals surface area (Å²) in [6, 6.07) is 0. The zero-order valence-electron chi connectivity index (χ0n) is 7.45. The molecule has 0 fully saturated rings. The first kappa shape index (κ1) is 8.90. The fourth-order valence-electron chi connectivity index (χ4n) is 0.954. The molecule has 1 heterocycles. The average Bonchev–Trinajstić information content (AvgIpc) is 2.47. The second kappa shape index (κ2) is 3.99. The SMILES string of the molecule is CCC(=O)CCc1cn(C)nn1. The first-order valence-corrected chi connectivity index (χ1v) is 4.09. The Morgan fingerprint density at radius 1 is 1.67 bits per heavy atom. The third kappa shape index (κ3) is 2.45. The third-order valence-corrected chi connectivity index (χ3v) is 1.70. The highest BCUT2D eigenvalue weighted by Crippen LogP contribution is 1.99. The van der Waals surface area contributed by atoms with Crippen molar-refractivity contribution in [3.8, 4) is 0 Å². The predicted molar refractivity (Wildman–Crippen MR) is 44.6 cm³/mol. The summed E-state index contributed by atoms with van der Waals surface area (Å²) in [7, 11) is 1.82. The van der Waals surface area contributed by atoms with Crippen LogP contribution in [0.4, 0.5) is 0 Å². The van der Waals surface area contributed by atoms with E-state index in [9.17, 15) is 4.79 Å². The summed E-state index contributed by atoms with van der Waals surface area (Å²) in [6.45, 7) is 1.87. The Balaban J connectivity index is 2.38. The minimum absolute atomic E-state index is 0.278. The number of aromatic nitrogens is 3. The lowest BCUT2D eigenvalue weighted by Gasteiger charge is -1.92. The molecule has 0 aliphatic rings. The van der Waals surface area contributed by atoms with E-state index in [2.05, 4.69) is 10.3 Å². The standard InChI is InChI=1S/C8H13N3O/c1-3-8(12)5-4-7-6-11(2)10-9-7/h6H,3-5H2,1-2H3. The van der Waals surface area contributed by atoms with Crippen molar-refractivity contribution in [3.63, 3.8) is 0 Å². The van der Waals surface area contributed by atoms with Gasteiger partial charge >= 0.3 is 0 Å². The zero-order chi connectivity index (χ0) is 8.97. The largest absolute Gasteiger partial charge is 0.300 e. The molecule has 0 unspecified atom stereocenters. The van der Waals surface area contributed by atoms with Gasteiger partial charge in [-0.25, -0.2) is 0 Å². The second-order valence-corrected chi connectivity index (χ2v) is 2.78. The topological polar surface area (TPSA) is 47.8 Å². The van der Waals surface area contributed by atoms with Gasteiger partial charge in [-0.15, -0.1) is 5.10 Å². The summed E-state index contributed by atoms with van der Waals surface area (Å²) in [5, 5.41) is 7.66. The Morgan fingerprint density at radius 2 is 2.42 bits per heavy atom. The number of carbonyl (C=O) groups is 1. The molecule has 4 heteroatoms. The molecule has 0 saturated carbocycles. The number of nitrogens with zero attached hydrogens (tertiary/aromatic N) is 3. The minimum atomic E-state index is 0.278. The minimum Gasteiger partial charge on any atom is -0.300 e. The van der Waals surface area contributed by atoms with Gasteiger partial charge in [-0.1, -0.05) is 12.1 Å². The predicted octanol–water partition coefficient (Wildman–Crippen LogP) is 0.727. The number of carbonyl (C=O) groups excluding carboxylic acids is 1. The van der Waals surface area contributed by atoms with Gasteiger partial charge in [0.15, 0.2) is 0 Å². The maximum Gasteiger partial charge on any atom is 0.133 e. The van der Waals surface area contributed by atoms with Crippen LogP contribution in [0.15, 0.2) is 6.20 Å². The summed E-state index contributed by atoms with van der Waals surface area (Å²) in [4.78, 5) is 10.9. The van der Waals surface area contributed by atoms with Crippen LogP contribution in [0.3, 0.4) is 0 Å². The molecule has 1 rings (SSSR count). The number of rotatable bonds is 4. The number of hydrogen-bond acceptors (Lipinski definition) is 3. The molecule has 0 saturated heterocycles. The molecule has 0 N–H and O–H groups in total. The first-order chi connectivity index (χ1) is 5.72. The van der Waals surface area contributed by atoms with Crippen molar-refractivity contribution in [2.45, 2.75) is 26.2 Å². The van der Waals surface area contributed by atoms with E-state index in [0.717, 1.165) is 5.69 Å². The van der Waals surface area contributed by atoms with Gasteiger partial charge in [0, 0.05) is 26.1 Å². The van der Waals surface area contributed by atoms with Gasteiger partial charge < -0.3 is 0 Å². The van der Waals surface area contributed by atoms with Crippen molar-refractivity contribution in [2.24, 2.45) is 7.05 Å². The van der Waals surface area contributed by atoms with E-state index in [-0.39, 0.29) is 5.78 Å². The van der Waals surface area contributed by atoms with Gasteiger partial charge in [0.2, 0.25) is 0 Å². The third-order valence-electron chi connectivity index (χ3n) is 1.70. The van der Waals surface area contributed by atoms with Crippen LogP contribution in [-0.2, 0) is 18.3 Å². The van der Waals surface area contributed by atoms with Crippen molar-refractivity contribution >= 4 is 5.78 Å². The number of Topliss-reactive ketones (excluding diaryl/α,β-unsaturated/α-hetero) is 1. The van der Waals surface area contributed by atoms with Crippen LogP contribution in [-0.4, -0.2) is 20.8 Å². The average molecular weight is 167 g/mol. The molecule has 0 aliphatic carbocycles. The van der Waals surface area contributed by atoms with E-state index in [1.807, 2.05) is 20.2 Å². The highest BCUT2D eigenvalue weighted by atomic mass is 16.1. The normalized spacial score (nSPS) is 10.2. The number of hydrogen-bond donors (Lipinski definition) is 0. The quantitative estimate of drug-likeness (QED) is 0.664. The molecule has 4 nitrogen and oxygen atoms in total. The lowest BCUT2D eigenvalue weighted by Crippen LogP contribution is -1.97. The van der Waals surface area contributed by atoms with Crippen LogP contribution in [0.25, 0.3) is 0 Å². The molecule has 0 spiro atoms. The summed E-state index contributed by atoms with van der Waals surface area (Å²) >= 11 is 0. The van der Waals surface area contributed by atoms with E-state index in [0.29, 0.717) is 19.3 Å². The van der Waals surface area contributed by atoms with E-state index >= 15 is 0 Å². The summed E-state index contributed by atoms with van der Waals surface area (Å²) < 4.78 is 1.64. The van der Waals surface area contributed by atoms with Crippen molar-refractivity contribution in [1.82, 2.24) is 15.0 Å². The van der Waals surface area contributed by atoms with E-state index in [1.165, 1.54) is 0 Å². The monoisotopic (exact) mass is 167 g/mol. The van der Waals surface area contributed by atoms with Crippen LogP contribution in [0.5, 0.6) is 0 Å². The van der Waals surface area contributed by atoms with E-state index in [4.69, 9.17) is 0 Å². The Morgan fingerprint density at radius 3 is 2.92 bits per heavy atom. The molecule has 1 aromatic heterocycles. The zero-order valence-corrected chi connectivity index (χ0v) is 7.45. The Bertz CT molecular complexity index is 267. The van der Waals surface area contributed by atoms with Gasteiger partial charge in [0.25, 0.3) is 0 Å². The molecule has 0 bridgehead atoms. The summed E-state index contributed by atoms with van der Waals surface area (Å²) in [6.07, 6.45) is 3.74. The molecular weight excluding hydrogens is 154 g/mol. The second-order valence-electron chi connectivity index (χ2n) is 2.78. The highest BCUT2D eigenvalue weighted by molar-refractivity contribution is 5.78. The molecule has 12 heavy (non-hydrogen) atoms. The molecule has 0 radical (unpaired) electrons. The maximum absolute atomic E-state index is 10.9. The molecular formula is C8H13N3O. The van der Waals surface area contributed by atoms with E-state index < -0.39 is 0 Å². The Hall–Kier alpha value is -1.19. The number of ketones is 1. The highest BCUT2D eigenvalue weighted by Gasteiger charge is 2.01. The van der Waals surface area contributed by atoms with Crippen molar-refractivity contribution in [2.75, 3.05) is 0 Å². The van der Waals surface area contributed by atoms with Gasteiger partial charge in [-0.3, -0.25) is 9.48 Å². The van der Waals surface area contributed by atoms with Gasteiger partial charge in [0.1, 0.15) is 5.78 Å². The number of aryl methyl sites for hydroxylation is 2. The van der Waals surface area contributed by atoms with Crippen molar-refractivity contribution in [3.05, 3.63) is 11.9 Å². The van der Waals surface area contributed by atoms with Crippen LogP contribution in [0, 0.1) is 0 Å². The molecule has 0 aromatic carbocycles. The Kier molecular flexibility index (Phi) is 2.96. The van der Waals surface area contributed by atoms with Crippen molar-refractivity contribution in [1.29, 1.82) is 0 Å². The van der Waals surface area contributed by atoms with Crippen LogP contribution < -0.4 is 0 Å². The molecule has 1 aromatic rings. The smallest absolute Gasteiger partial charge is 0.133 e. The molecule has 0 atom stereocenters. The summed E-state index contributed by atoms with van der Waals surface area (Å²) in [5.74, 6) is 0.278. The lowest BCUT2D eigenvalue weighted by molar-refractivity contribution is -0.118. The first-order valence-electron chi connectivity index (χ1n) is 4.09.